The molecule has 2 atom stereocenters. The Labute approximate surface area is 188 Å². The lowest BCUT2D eigenvalue weighted by atomic mass is 9.91. The van der Waals surface area contributed by atoms with E-state index in [0.717, 1.165) is 45.8 Å². The summed E-state index contributed by atoms with van der Waals surface area (Å²) >= 11 is 1.32. The van der Waals surface area contributed by atoms with Crippen LogP contribution < -0.4 is 16.0 Å². The van der Waals surface area contributed by atoms with Crippen LogP contribution in [0.15, 0.2) is 24.3 Å². The fourth-order valence-electron chi connectivity index (χ4n) is 4.61. The predicted octanol–water partition coefficient (Wildman–Crippen LogP) is 3.96. The van der Waals surface area contributed by atoms with Gasteiger partial charge in [0.05, 0.1) is 5.69 Å². The number of thiophene rings is 1. The summed E-state index contributed by atoms with van der Waals surface area (Å²) in [5.41, 5.74) is 9.68. The van der Waals surface area contributed by atoms with Crippen LogP contribution in [0.25, 0.3) is 10.2 Å². The number of hydrogen-bond acceptors (Lipinski definition) is 6. The second kappa shape index (κ2) is 8.27. The summed E-state index contributed by atoms with van der Waals surface area (Å²) in [5.74, 6) is 0.0272. The minimum atomic E-state index is -2.28. The lowest BCUT2D eigenvalue weighted by Gasteiger charge is -2.26. The number of hydrogen-bond donors (Lipinski definition) is 2. The first-order valence-corrected chi connectivity index (χ1v) is 11.7. The monoisotopic (exact) mass is 457 g/mol. The van der Waals surface area contributed by atoms with Crippen molar-refractivity contribution in [1.82, 2.24) is 15.3 Å². The highest BCUT2D eigenvalue weighted by Gasteiger charge is 2.31. The number of pyridine rings is 2. The summed E-state index contributed by atoms with van der Waals surface area (Å²) in [4.78, 5) is 25.4. The molecule has 0 bridgehead atoms. The van der Waals surface area contributed by atoms with Crippen molar-refractivity contribution in [3.8, 4) is 0 Å². The Morgan fingerprint density at radius 3 is 2.88 bits per heavy atom. The highest BCUT2D eigenvalue weighted by Crippen LogP contribution is 2.33. The summed E-state index contributed by atoms with van der Waals surface area (Å²) in [6.07, 6.45) is 0.424. The van der Waals surface area contributed by atoms with Crippen LogP contribution in [-0.4, -0.2) is 41.4 Å². The first-order chi connectivity index (χ1) is 15.4. The van der Waals surface area contributed by atoms with Crippen molar-refractivity contribution in [3.05, 3.63) is 46.1 Å². The average molecular weight is 458 g/mol. The summed E-state index contributed by atoms with van der Waals surface area (Å²) in [6, 6.07) is 7.73. The number of rotatable bonds is 4. The molecule has 0 spiro atoms. The summed E-state index contributed by atoms with van der Waals surface area (Å²) in [5, 5.41) is 3.94. The minimum Gasteiger partial charge on any atom is -0.397 e. The largest absolute Gasteiger partial charge is 0.397 e. The van der Waals surface area contributed by atoms with Gasteiger partial charge in [0.1, 0.15) is 15.5 Å². The standard InChI is InChI=1S/C23H25F2N5OS/c1-12-2-5-16-19(26)20(32-23(16)27-12)22(31)28-15-4-6-17-13(10-15)3-7-18(29-17)30-9-8-14(11-30)21(24)25/h2-3,5,7,14-15,21H,4,6,8-11,26H2,1H3,(H,28,31). The molecule has 3 N–H and O–H groups in total. The number of carbonyl (C=O) groups excluding carboxylic acids is 1. The molecule has 1 aliphatic heterocycles. The van der Waals surface area contributed by atoms with Gasteiger partial charge in [0.25, 0.3) is 5.91 Å². The number of carbonyl (C=O) groups is 1. The fraction of sp³-hybridized carbons (Fsp3) is 0.435. The van der Waals surface area contributed by atoms with E-state index in [-0.39, 0.29) is 11.9 Å². The zero-order chi connectivity index (χ0) is 22.4. The van der Waals surface area contributed by atoms with E-state index >= 15 is 0 Å². The van der Waals surface area contributed by atoms with Crippen LogP contribution in [0, 0.1) is 12.8 Å². The number of fused-ring (bicyclic) bond motifs is 2. The molecule has 6 nitrogen and oxygen atoms in total. The zero-order valence-electron chi connectivity index (χ0n) is 17.8. The number of amides is 1. The maximum absolute atomic E-state index is 13.0. The average Bonchev–Trinajstić information content (AvgIpc) is 3.39. The predicted molar refractivity (Wildman–Crippen MR) is 123 cm³/mol. The van der Waals surface area contributed by atoms with Gasteiger partial charge in [-0.2, -0.15) is 0 Å². The Hall–Kier alpha value is -2.81. The molecular formula is C23H25F2N5OS. The Morgan fingerprint density at radius 1 is 1.25 bits per heavy atom. The molecule has 9 heteroatoms. The maximum atomic E-state index is 13.0. The van der Waals surface area contributed by atoms with Gasteiger partial charge in [0.2, 0.25) is 6.43 Å². The molecular weight excluding hydrogens is 432 g/mol. The van der Waals surface area contributed by atoms with Crippen molar-refractivity contribution in [2.24, 2.45) is 5.92 Å². The molecule has 32 heavy (non-hydrogen) atoms. The summed E-state index contributed by atoms with van der Waals surface area (Å²) in [7, 11) is 0. The summed E-state index contributed by atoms with van der Waals surface area (Å²) in [6.45, 7) is 2.88. The van der Waals surface area contributed by atoms with Gasteiger partial charge in [0, 0.05) is 41.8 Å². The van der Waals surface area contributed by atoms with E-state index in [4.69, 9.17) is 10.7 Å². The molecule has 1 aliphatic carbocycles. The highest BCUT2D eigenvalue weighted by atomic mass is 32.1. The lowest BCUT2D eigenvalue weighted by molar-refractivity contribution is 0.0879. The number of nitrogens with one attached hydrogen (secondary N) is 1. The van der Waals surface area contributed by atoms with Crippen LogP contribution in [-0.2, 0) is 12.8 Å². The van der Waals surface area contributed by atoms with Crippen LogP contribution in [0.5, 0.6) is 0 Å². The lowest BCUT2D eigenvalue weighted by Crippen LogP contribution is -2.39. The van der Waals surface area contributed by atoms with Crippen LogP contribution >= 0.6 is 11.3 Å². The van der Waals surface area contributed by atoms with Gasteiger partial charge in [0.15, 0.2) is 0 Å². The van der Waals surface area contributed by atoms with E-state index in [0.29, 0.717) is 36.5 Å². The first-order valence-electron chi connectivity index (χ1n) is 10.9. The molecule has 3 aromatic heterocycles. The molecule has 1 fully saturated rings. The van der Waals surface area contributed by atoms with Crippen molar-refractivity contribution < 1.29 is 13.6 Å². The number of nitrogen functional groups attached to an aromatic ring is 1. The maximum Gasteiger partial charge on any atom is 0.263 e. The van der Waals surface area contributed by atoms with Crippen molar-refractivity contribution in [1.29, 1.82) is 0 Å². The van der Waals surface area contributed by atoms with E-state index < -0.39 is 12.3 Å². The highest BCUT2D eigenvalue weighted by molar-refractivity contribution is 7.21. The molecule has 4 heterocycles. The Balaban J connectivity index is 1.27. The second-order valence-corrected chi connectivity index (χ2v) is 9.67. The summed E-state index contributed by atoms with van der Waals surface area (Å²) < 4.78 is 26.0. The number of nitrogens with zero attached hydrogens (tertiary/aromatic N) is 3. The quantitative estimate of drug-likeness (QED) is 0.620. The molecule has 2 unspecified atom stereocenters. The van der Waals surface area contributed by atoms with Gasteiger partial charge in [-0.25, -0.2) is 18.7 Å². The van der Waals surface area contributed by atoms with Gasteiger partial charge >= 0.3 is 0 Å². The Morgan fingerprint density at radius 2 is 2.09 bits per heavy atom. The van der Waals surface area contributed by atoms with E-state index in [1.807, 2.05) is 36.1 Å². The number of aromatic nitrogens is 2. The number of anilines is 2. The van der Waals surface area contributed by atoms with E-state index in [1.54, 1.807) is 0 Å². The van der Waals surface area contributed by atoms with Crippen molar-refractivity contribution in [3.63, 3.8) is 0 Å². The molecule has 1 amide bonds. The van der Waals surface area contributed by atoms with E-state index in [1.165, 1.54) is 11.3 Å². The molecule has 1 saturated heterocycles. The zero-order valence-corrected chi connectivity index (χ0v) is 18.6. The van der Waals surface area contributed by atoms with Gasteiger partial charge in [-0.15, -0.1) is 11.3 Å². The molecule has 0 saturated carbocycles. The third-order valence-electron chi connectivity index (χ3n) is 6.43. The second-order valence-electron chi connectivity index (χ2n) is 8.67. The fourth-order valence-corrected chi connectivity index (χ4v) is 5.65. The number of halogens is 2. The molecule has 0 radical (unpaired) electrons. The molecule has 0 aromatic carbocycles. The molecule has 3 aromatic rings. The topological polar surface area (TPSA) is 84.1 Å². The van der Waals surface area contributed by atoms with E-state index in [2.05, 4.69) is 10.3 Å². The smallest absolute Gasteiger partial charge is 0.263 e. The molecule has 2 aliphatic rings. The number of aryl methyl sites for hydroxylation is 2. The third kappa shape index (κ3) is 3.90. The van der Waals surface area contributed by atoms with Crippen molar-refractivity contribution in [2.45, 2.75) is 45.1 Å². The number of alkyl halides is 2. The van der Waals surface area contributed by atoms with Crippen LogP contribution in [0.3, 0.4) is 0 Å². The van der Waals surface area contributed by atoms with Crippen molar-refractivity contribution in [2.75, 3.05) is 23.7 Å². The first kappa shape index (κ1) is 21.1. The normalized spacial score (nSPS) is 20.7. The van der Waals surface area contributed by atoms with Crippen LogP contribution in [0.2, 0.25) is 0 Å². The van der Waals surface area contributed by atoms with Gasteiger partial charge in [-0.1, -0.05) is 6.07 Å². The minimum absolute atomic E-state index is 0.00282. The van der Waals surface area contributed by atoms with Gasteiger partial charge in [-0.05, 0) is 56.4 Å². The van der Waals surface area contributed by atoms with Crippen LogP contribution in [0.1, 0.15) is 39.5 Å². The van der Waals surface area contributed by atoms with E-state index in [9.17, 15) is 13.6 Å². The molecule has 168 valence electrons. The van der Waals surface area contributed by atoms with Crippen molar-refractivity contribution >= 4 is 39.0 Å². The van der Waals surface area contributed by atoms with Gasteiger partial charge < -0.3 is 16.0 Å². The third-order valence-corrected chi connectivity index (χ3v) is 7.54. The van der Waals surface area contributed by atoms with Gasteiger partial charge in [-0.3, -0.25) is 4.79 Å². The Kier molecular flexibility index (Phi) is 5.44. The Bertz CT molecular complexity index is 1180. The number of nitrogens with two attached hydrogens (primary N) is 1. The molecule has 5 rings (SSSR count). The van der Waals surface area contributed by atoms with Crippen LogP contribution in [0.4, 0.5) is 20.3 Å². The SMILES string of the molecule is Cc1ccc2c(N)c(C(=O)NC3CCc4nc(N5CCC(C(F)F)C5)ccc4C3)sc2n1.